The first-order chi connectivity index (χ1) is 14.8. The number of nitro benzene ring substituents is 1. The van der Waals surface area contributed by atoms with Crippen molar-refractivity contribution in [2.45, 2.75) is 13.3 Å². The number of carbonyl (C=O) groups excluding carboxylic acids is 2. The maximum Gasteiger partial charge on any atom is 0.296 e. The first kappa shape index (κ1) is 23.1. The van der Waals surface area contributed by atoms with Crippen LogP contribution in [-0.4, -0.2) is 43.3 Å². The summed E-state index contributed by atoms with van der Waals surface area (Å²) < 4.78 is 15.3. The summed E-state index contributed by atoms with van der Waals surface area (Å²) in [5, 5.41) is 17.5. The van der Waals surface area contributed by atoms with Crippen LogP contribution >= 0.6 is 0 Å². The molecule has 0 spiro atoms. The molecule has 0 saturated carbocycles. The number of nitro groups is 1. The van der Waals surface area contributed by atoms with Crippen molar-refractivity contribution in [2.24, 2.45) is 5.10 Å². The maximum absolute atomic E-state index is 12.2. The zero-order chi connectivity index (χ0) is 22.8. The van der Waals surface area contributed by atoms with Gasteiger partial charge in [0, 0.05) is 5.71 Å². The molecule has 31 heavy (non-hydrogen) atoms. The highest BCUT2D eigenvalue weighted by Crippen LogP contribution is 2.29. The van der Waals surface area contributed by atoms with Crippen molar-refractivity contribution in [3.8, 4) is 17.2 Å². The number of hydrogen-bond donors (Lipinski definition) is 2. The Bertz CT molecular complexity index is 974. The van der Waals surface area contributed by atoms with Crippen molar-refractivity contribution >= 4 is 28.9 Å². The highest BCUT2D eigenvalue weighted by molar-refractivity contribution is 6.06. The average molecular weight is 430 g/mol. The minimum absolute atomic E-state index is 0.0283. The lowest BCUT2D eigenvalue weighted by molar-refractivity contribution is -0.384. The summed E-state index contributed by atoms with van der Waals surface area (Å²) in [6.45, 7) is 1.26. The molecule has 164 valence electrons. The maximum atomic E-state index is 12.2. The highest BCUT2D eigenvalue weighted by Gasteiger charge is 2.17. The Labute approximate surface area is 178 Å². The molecule has 0 saturated heterocycles. The quantitative estimate of drug-likeness (QED) is 0.335. The first-order valence-electron chi connectivity index (χ1n) is 9.03. The van der Waals surface area contributed by atoms with Gasteiger partial charge in [-0.05, 0) is 43.3 Å². The van der Waals surface area contributed by atoms with E-state index >= 15 is 0 Å². The van der Waals surface area contributed by atoms with Crippen LogP contribution in [0.5, 0.6) is 17.2 Å². The molecule has 0 aromatic heterocycles. The monoisotopic (exact) mass is 430 g/mol. The molecule has 11 heteroatoms. The van der Waals surface area contributed by atoms with E-state index in [1.54, 1.807) is 31.4 Å². The second-order valence-corrected chi connectivity index (χ2v) is 6.21. The molecule has 0 aliphatic rings. The van der Waals surface area contributed by atoms with Gasteiger partial charge in [-0.3, -0.25) is 19.7 Å². The number of hydrogen-bond acceptors (Lipinski definition) is 8. The van der Waals surface area contributed by atoms with Crippen LogP contribution in [0.4, 0.5) is 11.4 Å². The van der Waals surface area contributed by atoms with Gasteiger partial charge in [0.15, 0.2) is 6.61 Å². The summed E-state index contributed by atoms with van der Waals surface area (Å²) in [6.07, 6.45) is -0.178. The van der Waals surface area contributed by atoms with E-state index in [1.807, 2.05) is 0 Å². The van der Waals surface area contributed by atoms with Gasteiger partial charge in [0.05, 0.1) is 31.6 Å². The van der Waals surface area contributed by atoms with Crippen molar-refractivity contribution in [1.82, 2.24) is 5.43 Å². The third-order valence-corrected chi connectivity index (χ3v) is 3.89. The Morgan fingerprint density at radius 1 is 1.00 bits per heavy atom. The third kappa shape index (κ3) is 7.31. The molecule has 0 bridgehead atoms. The Balaban J connectivity index is 1.85. The minimum atomic E-state index is -0.623. The summed E-state index contributed by atoms with van der Waals surface area (Å²) in [5.74, 6) is 0.397. The molecule has 2 amide bonds. The largest absolute Gasteiger partial charge is 0.497 e. The lowest BCUT2D eigenvalue weighted by atomic mass is 10.2. The number of hydrazone groups is 1. The van der Waals surface area contributed by atoms with Crippen LogP contribution in [0.15, 0.2) is 47.6 Å². The van der Waals surface area contributed by atoms with Gasteiger partial charge in [-0.25, -0.2) is 5.43 Å². The Hall–Kier alpha value is -4.15. The standard InChI is InChI=1S/C20H22N4O7/c1-13(22-23-20(26)12-31-15-6-4-14(29-2)5-7-15)10-19(25)21-17-9-8-16(30-3)11-18(17)24(27)28/h4-9,11H,10,12H2,1-3H3,(H,21,25)(H,23,26). The number of amides is 2. The Morgan fingerprint density at radius 2 is 1.61 bits per heavy atom. The molecule has 0 aliphatic carbocycles. The van der Waals surface area contributed by atoms with E-state index in [1.165, 1.54) is 32.2 Å². The smallest absolute Gasteiger partial charge is 0.296 e. The van der Waals surface area contributed by atoms with Crippen LogP contribution in [0.3, 0.4) is 0 Å². The van der Waals surface area contributed by atoms with E-state index in [4.69, 9.17) is 14.2 Å². The predicted molar refractivity (Wildman–Crippen MR) is 113 cm³/mol. The van der Waals surface area contributed by atoms with Crippen LogP contribution in [0.25, 0.3) is 0 Å². The highest BCUT2D eigenvalue weighted by atomic mass is 16.6. The van der Waals surface area contributed by atoms with E-state index in [-0.39, 0.29) is 24.4 Å². The van der Waals surface area contributed by atoms with Gasteiger partial charge >= 0.3 is 0 Å². The number of benzene rings is 2. The molecule has 0 atom stereocenters. The van der Waals surface area contributed by atoms with Gasteiger partial charge in [0.25, 0.3) is 11.6 Å². The molecule has 2 rings (SSSR count). The Kier molecular flexibility index (Phi) is 8.31. The number of ether oxygens (including phenoxy) is 3. The summed E-state index contributed by atoms with van der Waals surface area (Å²) in [7, 11) is 2.93. The second-order valence-electron chi connectivity index (χ2n) is 6.21. The predicted octanol–water partition coefficient (Wildman–Crippen LogP) is 2.51. The molecule has 0 heterocycles. The van der Waals surface area contributed by atoms with Gasteiger partial charge < -0.3 is 19.5 Å². The number of nitrogens with one attached hydrogen (secondary N) is 2. The van der Waals surface area contributed by atoms with Crippen LogP contribution in [-0.2, 0) is 9.59 Å². The fourth-order valence-electron chi connectivity index (χ4n) is 2.37. The average Bonchev–Trinajstić information content (AvgIpc) is 2.76. The molecule has 0 radical (unpaired) electrons. The summed E-state index contributed by atoms with van der Waals surface area (Å²) in [5.41, 5.74) is 2.31. The van der Waals surface area contributed by atoms with Gasteiger partial charge in [-0.2, -0.15) is 5.10 Å². The van der Waals surface area contributed by atoms with Crippen molar-refractivity contribution in [3.63, 3.8) is 0 Å². The van der Waals surface area contributed by atoms with Crippen LogP contribution in [0, 0.1) is 10.1 Å². The normalized spacial score (nSPS) is 10.7. The SMILES string of the molecule is COc1ccc(OCC(=O)NN=C(C)CC(=O)Nc2ccc(OC)cc2[N+](=O)[O-])cc1. The number of rotatable bonds is 10. The fraction of sp³-hybridized carbons (Fsp3) is 0.250. The molecule has 0 unspecified atom stereocenters. The number of anilines is 1. The third-order valence-electron chi connectivity index (χ3n) is 3.89. The molecule has 0 aliphatic heterocycles. The lowest BCUT2D eigenvalue weighted by Crippen LogP contribution is -2.26. The molecular formula is C20H22N4O7. The van der Waals surface area contributed by atoms with E-state index in [9.17, 15) is 19.7 Å². The van der Waals surface area contributed by atoms with Crippen LogP contribution < -0.4 is 25.0 Å². The van der Waals surface area contributed by atoms with Gasteiger partial charge in [0.2, 0.25) is 5.91 Å². The second kappa shape index (κ2) is 11.1. The topological polar surface area (TPSA) is 141 Å². The number of carbonyl (C=O) groups is 2. The van der Waals surface area contributed by atoms with E-state index in [2.05, 4.69) is 15.8 Å². The van der Waals surface area contributed by atoms with Crippen molar-refractivity contribution in [1.29, 1.82) is 0 Å². The van der Waals surface area contributed by atoms with Gasteiger partial charge in [-0.15, -0.1) is 0 Å². The van der Waals surface area contributed by atoms with Crippen molar-refractivity contribution in [3.05, 3.63) is 52.6 Å². The van der Waals surface area contributed by atoms with E-state index < -0.39 is 16.7 Å². The molecular weight excluding hydrogens is 408 g/mol. The molecule has 2 aromatic rings. The summed E-state index contributed by atoms with van der Waals surface area (Å²) in [4.78, 5) is 34.6. The zero-order valence-electron chi connectivity index (χ0n) is 17.2. The number of nitrogens with zero attached hydrogens (tertiary/aromatic N) is 2. The van der Waals surface area contributed by atoms with Crippen molar-refractivity contribution < 1.29 is 28.7 Å². The Morgan fingerprint density at radius 3 is 2.23 bits per heavy atom. The molecule has 2 aromatic carbocycles. The first-order valence-corrected chi connectivity index (χ1v) is 9.03. The summed E-state index contributed by atoms with van der Waals surface area (Å²) >= 11 is 0. The summed E-state index contributed by atoms with van der Waals surface area (Å²) in [6, 6.07) is 10.8. The van der Waals surface area contributed by atoms with E-state index in [0.29, 0.717) is 23.0 Å². The van der Waals surface area contributed by atoms with Crippen molar-refractivity contribution in [2.75, 3.05) is 26.1 Å². The molecule has 2 N–H and O–H groups in total. The van der Waals surface area contributed by atoms with Gasteiger partial charge in [0.1, 0.15) is 22.9 Å². The lowest BCUT2D eigenvalue weighted by Gasteiger charge is -2.08. The minimum Gasteiger partial charge on any atom is -0.497 e. The van der Waals surface area contributed by atoms with Crippen LogP contribution in [0.1, 0.15) is 13.3 Å². The van der Waals surface area contributed by atoms with E-state index in [0.717, 1.165) is 0 Å². The van der Waals surface area contributed by atoms with Crippen LogP contribution in [0.2, 0.25) is 0 Å². The van der Waals surface area contributed by atoms with Gasteiger partial charge in [-0.1, -0.05) is 0 Å². The number of methoxy groups -OCH3 is 2. The zero-order valence-corrected chi connectivity index (χ0v) is 17.2. The molecule has 0 fully saturated rings. The fourth-order valence-corrected chi connectivity index (χ4v) is 2.37. The molecule has 11 nitrogen and oxygen atoms in total.